The molecule has 26 heavy (non-hydrogen) atoms. The molecule has 1 atom stereocenters. The summed E-state index contributed by atoms with van der Waals surface area (Å²) in [5.74, 6) is 0. The summed E-state index contributed by atoms with van der Waals surface area (Å²) >= 11 is 0. The fourth-order valence-electron chi connectivity index (χ4n) is 2.61. The van der Waals surface area contributed by atoms with Gasteiger partial charge < -0.3 is 5.32 Å². The minimum absolute atomic E-state index is 0.159. The van der Waals surface area contributed by atoms with E-state index in [2.05, 4.69) is 5.32 Å². The molecule has 0 unspecified atom stereocenters. The van der Waals surface area contributed by atoms with E-state index in [1.807, 2.05) is 72.8 Å². The van der Waals surface area contributed by atoms with Crippen LogP contribution in [0.25, 0.3) is 6.08 Å². The first kappa shape index (κ1) is 17.8. The molecule has 0 bridgehead atoms. The van der Waals surface area contributed by atoms with Gasteiger partial charge in [0, 0.05) is 5.69 Å². The average molecular weight is 353 g/mol. The lowest BCUT2D eigenvalue weighted by Gasteiger charge is -2.18. The molecule has 3 aromatic carbocycles. The molecule has 132 valence electrons. The number of hydrogen-bond acceptors (Lipinski definition) is 1. The molecule has 0 aliphatic heterocycles. The van der Waals surface area contributed by atoms with Crippen LogP contribution in [-0.2, 0) is 6.18 Å². The van der Waals surface area contributed by atoms with Crippen LogP contribution < -0.4 is 5.32 Å². The molecule has 0 aliphatic rings. The Bertz CT molecular complexity index is 838. The fourth-order valence-corrected chi connectivity index (χ4v) is 2.61. The molecule has 0 saturated heterocycles. The van der Waals surface area contributed by atoms with Crippen LogP contribution in [-0.4, -0.2) is 0 Å². The zero-order chi connectivity index (χ0) is 18.4. The number of hydrogen-bond donors (Lipinski definition) is 1. The van der Waals surface area contributed by atoms with Gasteiger partial charge in [-0.25, -0.2) is 0 Å². The van der Waals surface area contributed by atoms with Crippen molar-refractivity contribution >= 4 is 11.8 Å². The Hall–Kier alpha value is -3.01. The highest BCUT2D eigenvalue weighted by atomic mass is 19.4. The molecular weight excluding hydrogens is 335 g/mol. The minimum atomic E-state index is -4.33. The summed E-state index contributed by atoms with van der Waals surface area (Å²) in [6.45, 7) is 0. The maximum Gasteiger partial charge on any atom is 0.416 e. The maximum atomic E-state index is 12.7. The van der Waals surface area contributed by atoms with Gasteiger partial charge in [-0.15, -0.1) is 0 Å². The second kappa shape index (κ2) is 7.91. The molecule has 0 fully saturated rings. The lowest BCUT2D eigenvalue weighted by Crippen LogP contribution is -2.09. The van der Waals surface area contributed by atoms with Crippen LogP contribution in [0, 0.1) is 0 Å². The van der Waals surface area contributed by atoms with E-state index in [1.54, 1.807) is 0 Å². The second-order valence-electron chi connectivity index (χ2n) is 5.88. The van der Waals surface area contributed by atoms with Crippen molar-refractivity contribution in [1.82, 2.24) is 0 Å². The normalized spacial score (nSPS) is 12.9. The van der Waals surface area contributed by atoms with Crippen LogP contribution in [0.3, 0.4) is 0 Å². The standard InChI is InChI=1S/C22H18F3N/c23-22(24,25)19-12-14-20(15-13-19)26-21(18-9-5-2-6-10-18)16-11-17-7-3-1-4-8-17/h1-16,21,26H/t21-/m0/s1. The lowest BCUT2D eigenvalue weighted by atomic mass is 10.0. The third-order valence-corrected chi connectivity index (χ3v) is 3.97. The van der Waals surface area contributed by atoms with Gasteiger partial charge >= 0.3 is 6.18 Å². The summed E-state index contributed by atoms with van der Waals surface area (Å²) < 4.78 is 38.2. The van der Waals surface area contributed by atoms with Crippen LogP contribution in [0.2, 0.25) is 0 Å². The first-order valence-electron chi connectivity index (χ1n) is 8.24. The molecule has 3 rings (SSSR count). The van der Waals surface area contributed by atoms with Crippen molar-refractivity contribution in [3.63, 3.8) is 0 Å². The largest absolute Gasteiger partial charge is 0.416 e. The van der Waals surface area contributed by atoms with E-state index < -0.39 is 11.7 Å². The van der Waals surface area contributed by atoms with Gasteiger partial charge in [-0.3, -0.25) is 0 Å². The molecule has 4 heteroatoms. The summed E-state index contributed by atoms with van der Waals surface area (Å²) in [4.78, 5) is 0. The lowest BCUT2D eigenvalue weighted by molar-refractivity contribution is -0.137. The van der Waals surface area contributed by atoms with E-state index in [0.717, 1.165) is 23.3 Å². The Morgan fingerprint density at radius 1 is 0.731 bits per heavy atom. The van der Waals surface area contributed by atoms with Crippen molar-refractivity contribution in [2.45, 2.75) is 12.2 Å². The van der Waals surface area contributed by atoms with E-state index in [-0.39, 0.29) is 6.04 Å². The van der Waals surface area contributed by atoms with Crippen LogP contribution in [0.1, 0.15) is 22.7 Å². The number of alkyl halides is 3. The monoisotopic (exact) mass is 353 g/mol. The van der Waals surface area contributed by atoms with E-state index in [9.17, 15) is 13.2 Å². The van der Waals surface area contributed by atoms with Crippen LogP contribution >= 0.6 is 0 Å². The number of halogens is 3. The topological polar surface area (TPSA) is 12.0 Å². The molecule has 0 aliphatic carbocycles. The van der Waals surface area contributed by atoms with Gasteiger partial charge in [0.1, 0.15) is 0 Å². The maximum absolute atomic E-state index is 12.7. The molecular formula is C22H18F3N. The summed E-state index contributed by atoms with van der Waals surface area (Å²) in [5.41, 5.74) is 2.06. The molecule has 1 nitrogen and oxygen atoms in total. The molecule has 0 aromatic heterocycles. The highest BCUT2D eigenvalue weighted by Gasteiger charge is 2.29. The molecule has 0 saturated carbocycles. The highest BCUT2D eigenvalue weighted by Crippen LogP contribution is 2.30. The Morgan fingerprint density at radius 3 is 1.88 bits per heavy atom. The van der Waals surface area contributed by atoms with Crippen LogP contribution in [0.4, 0.5) is 18.9 Å². The minimum Gasteiger partial charge on any atom is -0.375 e. The molecule has 0 heterocycles. The van der Waals surface area contributed by atoms with Crippen LogP contribution in [0.5, 0.6) is 0 Å². The Kier molecular flexibility index (Phi) is 5.42. The van der Waals surface area contributed by atoms with Gasteiger partial charge in [-0.05, 0) is 35.4 Å². The summed E-state index contributed by atoms with van der Waals surface area (Å²) in [6, 6.07) is 24.6. The van der Waals surface area contributed by atoms with Gasteiger partial charge in [0.05, 0.1) is 11.6 Å². The van der Waals surface area contributed by atoms with Gasteiger partial charge in [0.15, 0.2) is 0 Å². The summed E-state index contributed by atoms with van der Waals surface area (Å²) in [5, 5.41) is 3.29. The first-order chi connectivity index (χ1) is 12.5. The van der Waals surface area contributed by atoms with E-state index in [0.29, 0.717) is 5.69 Å². The smallest absolute Gasteiger partial charge is 0.375 e. The average Bonchev–Trinajstić information content (AvgIpc) is 2.66. The van der Waals surface area contributed by atoms with Crippen molar-refractivity contribution in [2.24, 2.45) is 0 Å². The molecule has 0 radical (unpaired) electrons. The first-order valence-corrected chi connectivity index (χ1v) is 8.24. The molecule has 1 N–H and O–H groups in total. The summed E-state index contributed by atoms with van der Waals surface area (Å²) in [7, 11) is 0. The van der Waals surface area contributed by atoms with Crippen molar-refractivity contribution in [2.75, 3.05) is 5.32 Å². The van der Waals surface area contributed by atoms with Crippen molar-refractivity contribution in [3.8, 4) is 0 Å². The fraction of sp³-hybridized carbons (Fsp3) is 0.0909. The third kappa shape index (κ3) is 4.76. The van der Waals surface area contributed by atoms with Gasteiger partial charge in [0.25, 0.3) is 0 Å². The number of anilines is 1. The zero-order valence-corrected chi connectivity index (χ0v) is 13.9. The molecule has 0 amide bonds. The van der Waals surface area contributed by atoms with Crippen molar-refractivity contribution in [3.05, 3.63) is 108 Å². The van der Waals surface area contributed by atoms with Gasteiger partial charge in [0.2, 0.25) is 0 Å². The number of benzene rings is 3. The van der Waals surface area contributed by atoms with E-state index in [4.69, 9.17) is 0 Å². The Morgan fingerprint density at radius 2 is 1.31 bits per heavy atom. The van der Waals surface area contributed by atoms with Gasteiger partial charge in [-0.2, -0.15) is 13.2 Å². The quantitative estimate of drug-likeness (QED) is 0.547. The SMILES string of the molecule is FC(F)(F)c1ccc(N[C@@H](C=Cc2ccccc2)c2ccccc2)cc1. The third-order valence-electron chi connectivity index (χ3n) is 3.97. The molecule has 0 spiro atoms. The van der Waals surface area contributed by atoms with Gasteiger partial charge in [-0.1, -0.05) is 72.8 Å². The van der Waals surface area contributed by atoms with Crippen molar-refractivity contribution < 1.29 is 13.2 Å². The van der Waals surface area contributed by atoms with Crippen molar-refractivity contribution in [1.29, 1.82) is 0 Å². The van der Waals surface area contributed by atoms with E-state index >= 15 is 0 Å². The molecule has 3 aromatic rings. The highest BCUT2D eigenvalue weighted by molar-refractivity contribution is 5.54. The number of nitrogens with one attached hydrogen (secondary N) is 1. The Balaban J connectivity index is 1.83. The zero-order valence-electron chi connectivity index (χ0n) is 13.9. The number of rotatable bonds is 5. The predicted molar refractivity (Wildman–Crippen MR) is 99.7 cm³/mol. The Labute approximate surface area is 150 Å². The summed E-state index contributed by atoms with van der Waals surface area (Å²) in [6.07, 6.45) is -0.332. The van der Waals surface area contributed by atoms with E-state index in [1.165, 1.54) is 12.1 Å². The predicted octanol–water partition coefficient (Wildman–Crippen LogP) is 6.57. The van der Waals surface area contributed by atoms with Crippen LogP contribution in [0.15, 0.2) is 91.0 Å². The second-order valence-corrected chi connectivity index (χ2v) is 5.88.